The van der Waals surface area contributed by atoms with Gasteiger partial charge in [-0.2, -0.15) is 5.66 Å². The maximum atomic E-state index is 4.57. The number of hydrogen-bond donors (Lipinski definition) is 0. The Morgan fingerprint density at radius 1 is 0.457 bits per heavy atom. The molecule has 1 atom stereocenters. The van der Waals surface area contributed by atoms with Gasteiger partial charge in [-0.25, -0.2) is 12.2 Å². The molecular weight excluding hydrogens is 1050 g/mol. The molecule has 0 heterocycles. The van der Waals surface area contributed by atoms with Crippen molar-refractivity contribution < 1.29 is 42.1 Å². The number of hydrogen-bond acceptors (Lipinski definition) is 4. The Morgan fingerprint density at radius 2 is 0.814 bits per heavy atom. The average Bonchev–Trinajstić information content (AvgIpc) is 3.26. The maximum absolute atomic E-state index is 4.57. The van der Waals surface area contributed by atoms with E-state index >= 15 is 0 Å². The summed E-state index contributed by atoms with van der Waals surface area (Å²) < 4.78 is 0. The number of allylic oxidation sites excluding steroid dienone is 1. The van der Waals surface area contributed by atoms with Crippen LogP contribution >= 0.6 is 25.5 Å². The number of halogens is 3. The van der Waals surface area contributed by atoms with E-state index in [1.807, 2.05) is 17.3 Å². The van der Waals surface area contributed by atoms with Gasteiger partial charge < -0.3 is 44.4 Å². The summed E-state index contributed by atoms with van der Waals surface area (Å²) in [6.07, 6.45) is 4.94. The Hall–Kier alpha value is -4.04. The van der Waals surface area contributed by atoms with Crippen molar-refractivity contribution in [3.63, 3.8) is 0 Å². The molecule has 0 N–H and O–H groups in total. The summed E-state index contributed by atoms with van der Waals surface area (Å²) in [7, 11) is 19.8. The second kappa shape index (κ2) is 23.7. The van der Waals surface area contributed by atoms with Crippen molar-refractivity contribution in [1.29, 1.82) is 0 Å². The van der Waals surface area contributed by atoms with Crippen molar-refractivity contribution in [1.82, 2.24) is 0 Å². The van der Waals surface area contributed by atoms with E-state index in [0.717, 1.165) is 0 Å². The average molecular weight is 1120 g/mol. The third-order valence-electron chi connectivity index (χ3n) is 13.5. The van der Waals surface area contributed by atoms with Crippen LogP contribution in [0.25, 0.3) is 16.8 Å². The molecule has 1 unspecified atom stereocenters. The van der Waals surface area contributed by atoms with E-state index in [-0.39, 0.29) is 30.7 Å². The SMILES string of the molecule is Cc1cc(P(c2cc(C)c(N(C)C)c(C)c2)c2ccc3ccccc3c2C2c3ccccc3C=C[C-]2P(c2cc(C)c(N(C)C)c(C)c2)c2cc(C)c(N(C)C)c(C)c2)cc(C)c1N(C)C.[Cl-].[Cl-].[Cl][Ru+3]. The molecular formula is C60H69Cl3N4P2Ru. The molecule has 0 radical (unpaired) electrons. The first-order valence-corrected chi connectivity index (χ1v) is 28.3. The second-order valence-electron chi connectivity index (χ2n) is 19.5. The van der Waals surface area contributed by atoms with E-state index in [1.165, 1.54) is 127 Å². The van der Waals surface area contributed by atoms with Crippen LogP contribution < -0.4 is 70.9 Å². The molecule has 0 saturated heterocycles. The Balaban J connectivity index is 0.00000225. The standard InChI is InChI=1S/C60H69N4P2.3ClH.Ru/c1-37-29-47(30-38(2)57(37)61(9)10)65(48-31-39(3)58(62(11)12)40(4)32-48)53-27-25-45-21-17-19-23-51(45)55(53)56-52-24-20-18-22-46(52)26-28-54(56)66(49-33-41(5)59(63(13)14)42(6)34-49)50-35-43(7)60(64(15)16)44(8)36-50;;;;/h17-36,55H,1-16H3;3*1H;/q-1;;;;+4/p-3. The molecule has 4 nitrogen and oxygen atoms in total. The van der Waals surface area contributed by atoms with Gasteiger partial charge in [0, 0.05) is 79.1 Å². The van der Waals surface area contributed by atoms with Crippen LogP contribution in [0.2, 0.25) is 0 Å². The third-order valence-corrected chi connectivity index (χ3v) is 18.4. The molecule has 0 fully saturated rings. The molecule has 7 aromatic rings. The summed E-state index contributed by atoms with van der Waals surface area (Å²) in [6.45, 7) is 18.4. The monoisotopic (exact) mass is 1110 g/mol. The summed E-state index contributed by atoms with van der Waals surface area (Å²) in [5.74, 6) is -0.0156. The van der Waals surface area contributed by atoms with Gasteiger partial charge in [0.05, 0.1) is 0 Å². The molecule has 70 heavy (non-hydrogen) atoms. The van der Waals surface area contributed by atoms with Crippen molar-refractivity contribution in [3.8, 4) is 0 Å². The first-order chi connectivity index (χ1) is 32.4. The number of benzene rings is 7. The molecule has 0 amide bonds. The fourth-order valence-corrected chi connectivity index (χ4v) is 17.4. The zero-order valence-electron chi connectivity index (χ0n) is 43.8. The summed E-state index contributed by atoms with van der Waals surface area (Å²) in [6, 6.07) is 43.3. The van der Waals surface area contributed by atoms with Crippen LogP contribution in [0.4, 0.5) is 22.7 Å². The van der Waals surface area contributed by atoms with Gasteiger partial charge in [-0.3, -0.25) is 0 Å². The van der Waals surface area contributed by atoms with Gasteiger partial charge in [-0.05, 0) is 181 Å². The van der Waals surface area contributed by atoms with Crippen LogP contribution in [-0.2, 0) is 17.3 Å². The fraction of sp³-hybridized carbons (Fsp3) is 0.283. The van der Waals surface area contributed by atoms with Gasteiger partial charge in [0.25, 0.3) is 0 Å². The zero-order chi connectivity index (χ0) is 49.5. The molecule has 10 heteroatoms. The minimum atomic E-state index is -1.05. The van der Waals surface area contributed by atoms with Crippen molar-refractivity contribution in [2.24, 2.45) is 0 Å². The molecule has 0 spiro atoms. The van der Waals surface area contributed by atoms with Crippen molar-refractivity contribution >= 4 is 91.7 Å². The van der Waals surface area contributed by atoms with E-state index in [9.17, 15) is 0 Å². The van der Waals surface area contributed by atoms with E-state index in [4.69, 9.17) is 0 Å². The van der Waals surface area contributed by atoms with Crippen molar-refractivity contribution in [2.75, 3.05) is 76.0 Å². The first kappa shape index (κ1) is 56.9. The number of fused-ring (bicyclic) bond motifs is 2. The minimum absolute atomic E-state index is 0. The summed E-state index contributed by atoms with van der Waals surface area (Å²) in [5, 5.41) is 9.59. The summed E-state index contributed by atoms with van der Waals surface area (Å²) in [5.41, 5.74) is 21.2. The molecule has 0 aliphatic heterocycles. The number of rotatable bonds is 11. The van der Waals surface area contributed by atoms with E-state index in [0.29, 0.717) is 0 Å². The Labute approximate surface area is 450 Å². The van der Waals surface area contributed by atoms with Gasteiger partial charge in [-0.15, -0.1) is 13.5 Å². The Bertz CT molecular complexity index is 2820. The predicted octanol–water partition coefficient (Wildman–Crippen LogP) is 6.85. The first-order valence-electron chi connectivity index (χ1n) is 23.4. The van der Waals surface area contributed by atoms with Gasteiger partial charge in [0.15, 0.2) is 0 Å². The summed E-state index contributed by atoms with van der Waals surface area (Å²) >= 11 is 1.82. The van der Waals surface area contributed by atoms with Crippen molar-refractivity contribution in [3.05, 3.63) is 182 Å². The van der Waals surface area contributed by atoms with E-state index in [1.54, 1.807) is 0 Å². The second-order valence-corrected chi connectivity index (χ2v) is 23.9. The number of nitrogens with zero attached hydrogens (tertiary/aromatic N) is 4. The molecule has 7 aromatic carbocycles. The molecule has 1 aliphatic rings. The Morgan fingerprint density at radius 3 is 1.21 bits per heavy atom. The van der Waals surface area contributed by atoms with Gasteiger partial charge in [-0.1, -0.05) is 90.5 Å². The molecule has 0 aromatic heterocycles. The quantitative estimate of drug-likeness (QED) is 0.0800. The molecule has 0 saturated carbocycles. The van der Waals surface area contributed by atoms with Gasteiger partial charge in [0.1, 0.15) is 0 Å². The third kappa shape index (κ3) is 11.0. The van der Waals surface area contributed by atoms with Crippen LogP contribution in [0.5, 0.6) is 0 Å². The number of anilines is 4. The summed E-state index contributed by atoms with van der Waals surface area (Å²) in [4.78, 5) is 9.10. The topological polar surface area (TPSA) is 13.0 Å². The predicted molar refractivity (Wildman–Crippen MR) is 303 cm³/mol. The van der Waals surface area contributed by atoms with E-state index < -0.39 is 15.8 Å². The molecule has 0 bridgehead atoms. The van der Waals surface area contributed by atoms with Crippen LogP contribution in [0.15, 0.2) is 115 Å². The van der Waals surface area contributed by atoms with Crippen LogP contribution in [0.1, 0.15) is 67.1 Å². The van der Waals surface area contributed by atoms with Gasteiger partial charge in [0.2, 0.25) is 0 Å². The fourth-order valence-electron chi connectivity index (χ4n) is 11.6. The van der Waals surface area contributed by atoms with E-state index in [2.05, 4.69) is 262 Å². The van der Waals surface area contributed by atoms with Gasteiger partial charge >= 0.3 is 27.0 Å². The molecule has 1 aliphatic carbocycles. The number of aryl methyl sites for hydroxylation is 8. The van der Waals surface area contributed by atoms with Crippen LogP contribution in [0, 0.1) is 61.0 Å². The Kier molecular flexibility index (Phi) is 19.2. The van der Waals surface area contributed by atoms with Crippen molar-refractivity contribution in [2.45, 2.75) is 61.3 Å². The van der Waals surface area contributed by atoms with Crippen LogP contribution in [0.3, 0.4) is 0 Å². The molecule has 368 valence electrons. The normalized spacial score (nSPS) is 12.8. The zero-order valence-corrected chi connectivity index (χ0v) is 49.6. The molecule has 8 rings (SSSR count). The van der Waals surface area contributed by atoms with Crippen LogP contribution in [-0.4, -0.2) is 56.4 Å².